The highest BCUT2D eigenvalue weighted by Crippen LogP contribution is 2.44. The Balaban J connectivity index is 1.05. The average Bonchev–Trinajstić information content (AvgIpc) is 3.34. The molecule has 9 nitrogen and oxygen atoms in total. The third-order valence-corrected chi connectivity index (χ3v) is 8.49. The van der Waals surface area contributed by atoms with Gasteiger partial charge in [-0.15, -0.1) is 0 Å². The number of carbonyl (C=O) groups is 2. The number of primary amides is 1. The summed E-state index contributed by atoms with van der Waals surface area (Å²) in [5.41, 5.74) is 7.21. The fourth-order valence-corrected chi connectivity index (χ4v) is 6.26. The van der Waals surface area contributed by atoms with Gasteiger partial charge in [0.1, 0.15) is 16.4 Å². The lowest BCUT2D eigenvalue weighted by Crippen LogP contribution is -2.73. The van der Waals surface area contributed by atoms with Crippen LogP contribution >= 0.6 is 11.3 Å². The van der Waals surface area contributed by atoms with Crippen LogP contribution in [0.1, 0.15) is 9.67 Å². The second-order valence-corrected chi connectivity index (χ2v) is 11.3. The van der Waals surface area contributed by atoms with E-state index in [9.17, 15) is 9.59 Å². The Hall–Kier alpha value is -3.73. The highest BCUT2D eigenvalue weighted by Gasteiger charge is 2.53. The minimum atomic E-state index is -0.488. The number of nitrogens with zero attached hydrogens (tertiary/aromatic N) is 4. The molecule has 10 heteroatoms. The largest absolute Gasteiger partial charge is 0.457 e. The van der Waals surface area contributed by atoms with Crippen molar-refractivity contribution in [1.29, 1.82) is 0 Å². The summed E-state index contributed by atoms with van der Waals surface area (Å²) in [6.07, 6.45) is 3.65. The van der Waals surface area contributed by atoms with E-state index >= 15 is 0 Å². The number of anilines is 1. The number of thiazole rings is 1. The molecule has 202 valence electrons. The molecule has 3 aromatic rings. The summed E-state index contributed by atoms with van der Waals surface area (Å²) in [6.45, 7) is 7.21. The van der Waals surface area contributed by atoms with Crippen LogP contribution in [0.4, 0.5) is 5.13 Å². The monoisotopic (exact) mass is 545 g/mol. The van der Waals surface area contributed by atoms with Gasteiger partial charge in [-0.3, -0.25) is 14.5 Å². The minimum absolute atomic E-state index is 0.0691. The Morgan fingerprint density at radius 3 is 2.38 bits per heavy atom. The number of aromatic nitrogens is 1. The summed E-state index contributed by atoms with van der Waals surface area (Å²) in [5.74, 6) is 1.04. The summed E-state index contributed by atoms with van der Waals surface area (Å²) in [4.78, 5) is 36.4. The summed E-state index contributed by atoms with van der Waals surface area (Å²) in [7, 11) is 0. The first kappa shape index (κ1) is 25.5. The fourth-order valence-electron chi connectivity index (χ4n) is 5.32. The Bertz CT molecular complexity index is 1350. The highest BCUT2D eigenvalue weighted by atomic mass is 32.1. The van der Waals surface area contributed by atoms with Crippen molar-refractivity contribution >= 4 is 28.3 Å². The van der Waals surface area contributed by atoms with Crippen LogP contribution in [0.15, 0.2) is 66.7 Å². The summed E-state index contributed by atoms with van der Waals surface area (Å²) in [5, 5.41) is 0.782. The average molecular weight is 546 g/mol. The number of hydrogen-bond donors (Lipinski definition) is 1. The lowest BCUT2D eigenvalue weighted by atomic mass is 9.73. The van der Waals surface area contributed by atoms with Gasteiger partial charge in [-0.1, -0.05) is 35.6 Å². The molecule has 3 fully saturated rings. The lowest BCUT2D eigenvalue weighted by Gasteiger charge is -2.60. The number of morpholine rings is 1. The van der Waals surface area contributed by atoms with Gasteiger partial charge in [0.15, 0.2) is 5.13 Å². The van der Waals surface area contributed by atoms with Gasteiger partial charge in [0.05, 0.1) is 18.9 Å². The highest BCUT2D eigenvalue weighted by molar-refractivity contribution is 7.18. The first-order valence-corrected chi connectivity index (χ1v) is 13.9. The molecule has 0 bridgehead atoms. The maximum absolute atomic E-state index is 12.6. The van der Waals surface area contributed by atoms with Crippen LogP contribution < -0.4 is 15.4 Å². The molecule has 39 heavy (non-hydrogen) atoms. The zero-order valence-corrected chi connectivity index (χ0v) is 22.4. The first-order chi connectivity index (χ1) is 19.0. The van der Waals surface area contributed by atoms with E-state index in [4.69, 9.17) is 20.2 Å². The lowest BCUT2D eigenvalue weighted by molar-refractivity contribution is -0.139. The molecule has 0 radical (unpaired) electrons. The van der Waals surface area contributed by atoms with E-state index in [2.05, 4.69) is 9.80 Å². The Kier molecular flexibility index (Phi) is 7.07. The van der Waals surface area contributed by atoms with Crippen molar-refractivity contribution in [3.63, 3.8) is 0 Å². The van der Waals surface area contributed by atoms with Crippen LogP contribution in [-0.2, 0) is 9.53 Å². The van der Waals surface area contributed by atoms with Gasteiger partial charge in [-0.2, -0.15) is 0 Å². The van der Waals surface area contributed by atoms with Crippen LogP contribution in [0.2, 0.25) is 0 Å². The molecule has 1 aromatic heterocycles. The molecular weight excluding hydrogens is 514 g/mol. The number of ether oxygens (including phenoxy) is 2. The fraction of sp³-hybridized carbons (Fsp3) is 0.345. The van der Waals surface area contributed by atoms with Crippen LogP contribution in [0.25, 0.3) is 11.3 Å². The predicted molar refractivity (Wildman–Crippen MR) is 150 cm³/mol. The Morgan fingerprint density at radius 2 is 1.69 bits per heavy atom. The normalized spacial score (nSPS) is 18.7. The third kappa shape index (κ3) is 5.54. The Labute approximate surface area is 231 Å². The number of carbonyl (C=O) groups excluding carboxylic acids is 2. The third-order valence-electron chi connectivity index (χ3n) is 7.36. The molecule has 4 heterocycles. The molecule has 1 spiro atoms. The molecule has 0 atom stereocenters. The number of rotatable bonds is 8. The molecule has 2 aromatic carbocycles. The van der Waals surface area contributed by atoms with Crippen molar-refractivity contribution in [2.75, 3.05) is 63.9 Å². The van der Waals surface area contributed by atoms with E-state index in [1.807, 2.05) is 65.6 Å². The number of nitrogens with two attached hydrogens (primary N) is 1. The van der Waals surface area contributed by atoms with E-state index in [0.29, 0.717) is 16.3 Å². The zero-order valence-electron chi connectivity index (χ0n) is 21.6. The van der Waals surface area contributed by atoms with Crippen molar-refractivity contribution in [2.24, 2.45) is 11.1 Å². The van der Waals surface area contributed by atoms with Crippen LogP contribution in [0.5, 0.6) is 11.5 Å². The van der Waals surface area contributed by atoms with Gasteiger partial charge in [0, 0.05) is 62.9 Å². The van der Waals surface area contributed by atoms with Crippen LogP contribution in [0, 0.1) is 5.41 Å². The van der Waals surface area contributed by atoms with Crippen molar-refractivity contribution in [1.82, 2.24) is 14.8 Å². The number of amides is 2. The number of hydrogen-bond acceptors (Lipinski definition) is 8. The second kappa shape index (κ2) is 10.8. The van der Waals surface area contributed by atoms with E-state index in [1.54, 1.807) is 6.08 Å². The summed E-state index contributed by atoms with van der Waals surface area (Å²) in [6, 6.07) is 17.1. The molecule has 6 rings (SSSR count). The van der Waals surface area contributed by atoms with E-state index in [1.165, 1.54) is 11.3 Å². The van der Waals surface area contributed by atoms with E-state index < -0.39 is 5.91 Å². The molecule has 3 saturated heterocycles. The zero-order chi connectivity index (χ0) is 26.8. The van der Waals surface area contributed by atoms with Crippen molar-refractivity contribution < 1.29 is 19.1 Å². The molecule has 3 aliphatic rings. The quantitative estimate of drug-likeness (QED) is 0.434. The Morgan fingerprint density at radius 1 is 1.00 bits per heavy atom. The van der Waals surface area contributed by atoms with Gasteiger partial charge >= 0.3 is 0 Å². The standard InChI is InChI=1S/C29H31N5O4S/c30-27(36)26-25(21-8-10-23(11-9-21)38-22-5-2-1-3-6-22)31-28(39-26)34-19-29(20-34)17-33(18-29)24(35)7-4-12-32-13-15-37-16-14-32/h1-11H,12-20H2,(H2,30,36). The van der Waals surface area contributed by atoms with Gasteiger partial charge in [-0.05, 0) is 36.4 Å². The molecule has 2 N–H and O–H groups in total. The van der Waals surface area contributed by atoms with Gasteiger partial charge in [0.2, 0.25) is 5.91 Å². The van der Waals surface area contributed by atoms with Gasteiger partial charge in [0.25, 0.3) is 5.91 Å². The number of para-hydroxylation sites is 1. The molecular formula is C29H31N5O4S. The molecule has 2 amide bonds. The van der Waals surface area contributed by atoms with Crippen LogP contribution in [-0.4, -0.2) is 85.6 Å². The molecule has 0 aliphatic carbocycles. The number of likely N-dealkylation sites (tertiary alicyclic amines) is 1. The predicted octanol–water partition coefficient (Wildman–Crippen LogP) is 3.24. The van der Waals surface area contributed by atoms with Gasteiger partial charge in [-0.25, -0.2) is 4.98 Å². The summed E-state index contributed by atoms with van der Waals surface area (Å²) >= 11 is 1.32. The van der Waals surface area contributed by atoms with Crippen molar-refractivity contribution in [2.45, 2.75) is 0 Å². The first-order valence-electron chi connectivity index (χ1n) is 13.1. The second-order valence-electron chi connectivity index (χ2n) is 10.3. The minimum Gasteiger partial charge on any atom is -0.457 e. The maximum Gasteiger partial charge on any atom is 0.261 e. The molecule has 3 aliphatic heterocycles. The summed E-state index contributed by atoms with van der Waals surface area (Å²) < 4.78 is 11.2. The topological polar surface area (TPSA) is 101 Å². The molecule has 0 saturated carbocycles. The van der Waals surface area contributed by atoms with E-state index in [-0.39, 0.29) is 11.3 Å². The number of benzene rings is 2. The maximum atomic E-state index is 12.6. The molecule has 0 unspecified atom stereocenters. The van der Waals surface area contributed by atoms with Crippen molar-refractivity contribution in [3.05, 3.63) is 71.6 Å². The SMILES string of the molecule is NC(=O)c1sc(N2CC3(CN(C(=O)C=CCN4CCOCC4)C3)C2)nc1-c1ccc(Oc2ccccc2)cc1. The van der Waals surface area contributed by atoms with Crippen molar-refractivity contribution in [3.8, 4) is 22.8 Å². The van der Waals surface area contributed by atoms with Gasteiger partial charge < -0.3 is 25.0 Å². The van der Waals surface area contributed by atoms with E-state index in [0.717, 1.165) is 75.5 Å². The smallest absolute Gasteiger partial charge is 0.261 e. The van der Waals surface area contributed by atoms with Crippen LogP contribution in [0.3, 0.4) is 0 Å².